The Balaban J connectivity index is 1.95. The van der Waals surface area contributed by atoms with Crippen LogP contribution < -0.4 is 10.5 Å². The van der Waals surface area contributed by atoms with Crippen LogP contribution in [0.3, 0.4) is 0 Å². The lowest BCUT2D eigenvalue weighted by Crippen LogP contribution is -2.38. The van der Waals surface area contributed by atoms with Crippen molar-refractivity contribution in [3.05, 3.63) is 0 Å². The second-order valence-corrected chi connectivity index (χ2v) is 6.65. The third-order valence-corrected chi connectivity index (χ3v) is 4.66. The number of rotatable bonds is 4. The first-order valence-electron chi connectivity index (χ1n) is 5.96. The Kier molecular flexibility index (Phi) is 3.53. The molecule has 0 radical (unpaired) electrons. The molecule has 2 aliphatic heterocycles. The number of sulfonamides is 1. The van der Waals surface area contributed by atoms with Crippen LogP contribution in [-0.4, -0.2) is 51.3 Å². The van der Waals surface area contributed by atoms with E-state index in [1.807, 2.05) is 0 Å². The van der Waals surface area contributed by atoms with Crippen molar-refractivity contribution in [3.63, 3.8) is 0 Å². The average Bonchev–Trinajstić information content (AvgIpc) is 2.71. The summed E-state index contributed by atoms with van der Waals surface area (Å²) >= 11 is 0. The van der Waals surface area contributed by atoms with Crippen molar-refractivity contribution in [2.75, 3.05) is 31.9 Å². The highest BCUT2D eigenvalue weighted by atomic mass is 32.2. The summed E-state index contributed by atoms with van der Waals surface area (Å²) in [6.45, 7) is 5.94. The zero-order valence-electron chi connectivity index (χ0n) is 9.72. The minimum Gasteiger partial charge on any atom is -0.316 e. The first kappa shape index (κ1) is 12.3. The molecule has 2 aliphatic rings. The van der Waals surface area contributed by atoms with Gasteiger partial charge in [0, 0.05) is 19.1 Å². The Morgan fingerprint density at radius 3 is 2.81 bits per heavy atom. The van der Waals surface area contributed by atoms with Crippen molar-refractivity contribution < 1.29 is 8.42 Å². The van der Waals surface area contributed by atoms with Crippen molar-refractivity contribution in [2.24, 2.45) is 17.0 Å². The molecule has 2 rings (SSSR count). The van der Waals surface area contributed by atoms with E-state index >= 15 is 0 Å². The number of hydrogen-bond donors (Lipinski definition) is 2. The summed E-state index contributed by atoms with van der Waals surface area (Å²) in [4.78, 5) is 2.31. The predicted molar refractivity (Wildman–Crippen MR) is 63.5 cm³/mol. The van der Waals surface area contributed by atoms with Gasteiger partial charge in [-0.3, -0.25) is 4.90 Å². The van der Waals surface area contributed by atoms with Crippen LogP contribution in [0.4, 0.5) is 0 Å². The molecule has 0 aromatic carbocycles. The quantitative estimate of drug-likeness (QED) is 0.682. The summed E-state index contributed by atoms with van der Waals surface area (Å²) in [5, 5.41) is 8.46. The van der Waals surface area contributed by atoms with Crippen molar-refractivity contribution in [2.45, 2.75) is 19.4 Å². The maximum atomic E-state index is 11.0. The van der Waals surface area contributed by atoms with Gasteiger partial charge in [-0.2, -0.15) is 0 Å². The van der Waals surface area contributed by atoms with E-state index in [0.717, 1.165) is 26.1 Å². The normalized spacial score (nSPS) is 35.5. The van der Waals surface area contributed by atoms with Gasteiger partial charge in [-0.05, 0) is 31.3 Å². The number of hydrogen-bond acceptors (Lipinski definition) is 4. The van der Waals surface area contributed by atoms with Crippen LogP contribution in [-0.2, 0) is 10.0 Å². The Morgan fingerprint density at radius 1 is 1.44 bits per heavy atom. The van der Waals surface area contributed by atoms with Crippen LogP contribution in [0.25, 0.3) is 0 Å². The first-order valence-corrected chi connectivity index (χ1v) is 7.68. The zero-order valence-corrected chi connectivity index (χ0v) is 10.5. The largest absolute Gasteiger partial charge is 0.316 e. The van der Waals surface area contributed by atoms with E-state index in [-0.39, 0.29) is 5.75 Å². The highest BCUT2D eigenvalue weighted by Gasteiger charge is 2.42. The molecule has 0 saturated carbocycles. The molecule has 0 aromatic heterocycles. The lowest BCUT2D eigenvalue weighted by atomic mass is 9.93. The summed E-state index contributed by atoms with van der Waals surface area (Å²) < 4.78 is 21.9. The van der Waals surface area contributed by atoms with E-state index in [1.165, 1.54) is 0 Å². The fraction of sp³-hybridized carbons (Fsp3) is 1.00. The molecule has 3 unspecified atom stereocenters. The van der Waals surface area contributed by atoms with Crippen LogP contribution in [0.2, 0.25) is 0 Å². The van der Waals surface area contributed by atoms with Crippen LogP contribution >= 0.6 is 0 Å². The Morgan fingerprint density at radius 2 is 2.19 bits per heavy atom. The highest BCUT2D eigenvalue weighted by Crippen LogP contribution is 2.33. The standard InChI is InChI=1S/C10H21N3O2S/c1-2-10-9-6-12-5-8(9)7-13(10)3-4-16(11,14)15/h8-10,12H,2-7H2,1H3,(H2,11,14,15). The molecule has 2 heterocycles. The molecule has 0 aromatic rings. The molecule has 16 heavy (non-hydrogen) atoms. The molecule has 3 atom stereocenters. The molecule has 0 bridgehead atoms. The van der Waals surface area contributed by atoms with Crippen molar-refractivity contribution in [1.29, 1.82) is 0 Å². The minimum absolute atomic E-state index is 0.0797. The van der Waals surface area contributed by atoms with Crippen molar-refractivity contribution >= 4 is 10.0 Å². The van der Waals surface area contributed by atoms with Gasteiger partial charge in [0.15, 0.2) is 0 Å². The van der Waals surface area contributed by atoms with Gasteiger partial charge in [-0.15, -0.1) is 0 Å². The summed E-state index contributed by atoms with van der Waals surface area (Å²) in [6, 6.07) is 0.529. The molecule has 0 aliphatic carbocycles. The van der Waals surface area contributed by atoms with Gasteiger partial charge in [0.2, 0.25) is 10.0 Å². The van der Waals surface area contributed by atoms with E-state index < -0.39 is 10.0 Å². The molecule has 3 N–H and O–H groups in total. The molecule has 2 saturated heterocycles. The Labute approximate surface area is 97.4 Å². The van der Waals surface area contributed by atoms with Gasteiger partial charge < -0.3 is 5.32 Å². The monoisotopic (exact) mass is 247 g/mol. The number of nitrogens with two attached hydrogens (primary N) is 1. The van der Waals surface area contributed by atoms with Crippen LogP contribution in [0.15, 0.2) is 0 Å². The topological polar surface area (TPSA) is 75.4 Å². The number of nitrogens with zero attached hydrogens (tertiary/aromatic N) is 1. The SMILES string of the molecule is CCC1C2CNCC2CN1CCS(N)(=O)=O. The summed E-state index contributed by atoms with van der Waals surface area (Å²) in [5.74, 6) is 1.48. The van der Waals surface area contributed by atoms with E-state index in [9.17, 15) is 8.42 Å². The van der Waals surface area contributed by atoms with E-state index in [2.05, 4.69) is 17.1 Å². The molecular formula is C10H21N3O2S. The van der Waals surface area contributed by atoms with Gasteiger partial charge in [-0.1, -0.05) is 6.92 Å². The smallest absolute Gasteiger partial charge is 0.210 e. The zero-order chi connectivity index (χ0) is 11.8. The molecule has 6 heteroatoms. The average molecular weight is 247 g/mol. The van der Waals surface area contributed by atoms with E-state index in [4.69, 9.17) is 5.14 Å². The second-order valence-electron chi connectivity index (χ2n) is 4.92. The fourth-order valence-electron chi connectivity index (χ4n) is 3.17. The number of primary sulfonamides is 1. The minimum atomic E-state index is -3.32. The number of likely N-dealkylation sites (tertiary alicyclic amines) is 1. The molecule has 0 amide bonds. The fourth-order valence-corrected chi connectivity index (χ4v) is 3.66. The lowest BCUT2D eigenvalue weighted by Gasteiger charge is -2.26. The predicted octanol–water partition coefficient (Wildman–Crippen LogP) is -0.795. The van der Waals surface area contributed by atoms with Crippen molar-refractivity contribution in [1.82, 2.24) is 10.2 Å². The molecule has 94 valence electrons. The van der Waals surface area contributed by atoms with Gasteiger partial charge in [0.25, 0.3) is 0 Å². The van der Waals surface area contributed by atoms with Crippen LogP contribution in [0.1, 0.15) is 13.3 Å². The Hall–Kier alpha value is -0.170. The third kappa shape index (κ3) is 2.56. The third-order valence-electron chi connectivity index (χ3n) is 3.91. The number of fused-ring (bicyclic) bond motifs is 1. The molecule has 2 fully saturated rings. The highest BCUT2D eigenvalue weighted by molar-refractivity contribution is 7.89. The molecule has 0 spiro atoms. The second kappa shape index (κ2) is 4.60. The summed E-state index contributed by atoms with van der Waals surface area (Å²) in [7, 11) is -3.32. The maximum Gasteiger partial charge on any atom is 0.210 e. The maximum absolute atomic E-state index is 11.0. The Bertz CT molecular complexity index is 344. The lowest BCUT2D eigenvalue weighted by molar-refractivity contribution is 0.230. The first-order chi connectivity index (χ1) is 7.51. The van der Waals surface area contributed by atoms with Crippen molar-refractivity contribution in [3.8, 4) is 0 Å². The number of nitrogens with one attached hydrogen (secondary N) is 1. The summed E-state index contributed by atoms with van der Waals surface area (Å²) in [5.41, 5.74) is 0. The van der Waals surface area contributed by atoms with E-state index in [1.54, 1.807) is 0 Å². The van der Waals surface area contributed by atoms with Gasteiger partial charge in [0.1, 0.15) is 0 Å². The van der Waals surface area contributed by atoms with Crippen LogP contribution in [0.5, 0.6) is 0 Å². The van der Waals surface area contributed by atoms with Crippen LogP contribution in [0, 0.1) is 11.8 Å². The summed E-state index contributed by atoms with van der Waals surface area (Å²) in [6.07, 6.45) is 1.09. The van der Waals surface area contributed by atoms with Gasteiger partial charge in [-0.25, -0.2) is 13.6 Å². The van der Waals surface area contributed by atoms with E-state index in [0.29, 0.717) is 24.4 Å². The molecular weight excluding hydrogens is 226 g/mol. The van der Waals surface area contributed by atoms with Gasteiger partial charge in [0.05, 0.1) is 5.75 Å². The molecule has 5 nitrogen and oxygen atoms in total. The van der Waals surface area contributed by atoms with Gasteiger partial charge >= 0.3 is 0 Å².